The van der Waals surface area contributed by atoms with Gasteiger partial charge in [0.05, 0.1) is 0 Å². The minimum atomic E-state index is -0.801. The average Bonchev–Trinajstić information content (AvgIpc) is 2.27. The zero-order valence-corrected chi connectivity index (χ0v) is 11.1. The Bertz CT molecular complexity index is 229. The number of rotatable bonds is 10. The van der Waals surface area contributed by atoms with E-state index >= 15 is 0 Å². The number of unbranched alkanes of at least 4 members (excludes halogenated alkanes) is 4. The van der Waals surface area contributed by atoms with Gasteiger partial charge in [0.1, 0.15) is 0 Å². The van der Waals surface area contributed by atoms with Crippen molar-refractivity contribution in [3.05, 3.63) is 0 Å². The second-order valence-corrected chi connectivity index (χ2v) is 4.48. The lowest BCUT2D eigenvalue weighted by molar-refractivity contribution is -0.138. The molecule has 0 spiro atoms. The van der Waals surface area contributed by atoms with E-state index < -0.39 is 5.97 Å². The Hall–Kier alpha value is -1.06. The molecule has 1 N–H and O–H groups in total. The molecule has 100 valence electrons. The van der Waals surface area contributed by atoms with Crippen molar-refractivity contribution in [3.63, 3.8) is 0 Å². The fourth-order valence-corrected chi connectivity index (χ4v) is 1.66. The molecule has 0 bridgehead atoms. The predicted octanol–water partition coefficient (Wildman–Crippen LogP) is 2.67. The summed E-state index contributed by atoms with van der Waals surface area (Å²) in [7, 11) is 1.75. The van der Waals surface area contributed by atoms with Crippen molar-refractivity contribution in [1.82, 2.24) is 4.90 Å². The van der Waals surface area contributed by atoms with E-state index in [1.807, 2.05) is 0 Å². The van der Waals surface area contributed by atoms with Crippen molar-refractivity contribution in [3.8, 4) is 0 Å². The Balaban J connectivity index is 3.50. The van der Waals surface area contributed by atoms with Crippen LogP contribution in [0.4, 0.5) is 0 Å². The average molecular weight is 243 g/mol. The summed E-state index contributed by atoms with van der Waals surface area (Å²) in [6.45, 7) is 2.71. The van der Waals surface area contributed by atoms with Crippen LogP contribution in [0.2, 0.25) is 0 Å². The third-order valence-electron chi connectivity index (χ3n) is 2.80. The van der Waals surface area contributed by atoms with E-state index in [-0.39, 0.29) is 12.3 Å². The van der Waals surface area contributed by atoms with Gasteiger partial charge < -0.3 is 10.0 Å². The smallest absolute Gasteiger partial charge is 0.303 e. The van der Waals surface area contributed by atoms with Crippen molar-refractivity contribution in [2.75, 3.05) is 13.6 Å². The van der Waals surface area contributed by atoms with Crippen LogP contribution in [0, 0.1) is 0 Å². The maximum absolute atomic E-state index is 11.6. The highest BCUT2D eigenvalue weighted by Crippen LogP contribution is 2.06. The van der Waals surface area contributed by atoms with Crippen molar-refractivity contribution in [2.45, 2.75) is 58.3 Å². The summed E-state index contributed by atoms with van der Waals surface area (Å²) in [5, 5.41) is 8.49. The molecule has 0 aliphatic heterocycles. The summed E-state index contributed by atoms with van der Waals surface area (Å²) in [5.74, 6) is -0.669. The van der Waals surface area contributed by atoms with E-state index in [0.717, 1.165) is 12.8 Å². The van der Waals surface area contributed by atoms with E-state index in [2.05, 4.69) is 6.92 Å². The van der Waals surface area contributed by atoms with Crippen LogP contribution in [0.5, 0.6) is 0 Å². The molecule has 0 radical (unpaired) electrons. The molecule has 0 saturated heterocycles. The van der Waals surface area contributed by atoms with Gasteiger partial charge in [-0.05, 0) is 12.8 Å². The molecule has 17 heavy (non-hydrogen) atoms. The first-order valence-electron chi connectivity index (χ1n) is 6.53. The second kappa shape index (κ2) is 10.1. The van der Waals surface area contributed by atoms with E-state index in [0.29, 0.717) is 19.4 Å². The molecule has 0 heterocycles. The van der Waals surface area contributed by atoms with Gasteiger partial charge in [-0.2, -0.15) is 0 Å². The van der Waals surface area contributed by atoms with Crippen molar-refractivity contribution >= 4 is 11.9 Å². The molecule has 0 aliphatic rings. The highest BCUT2D eigenvalue weighted by molar-refractivity contribution is 5.75. The largest absolute Gasteiger partial charge is 0.481 e. The molecule has 4 heteroatoms. The number of hydrogen-bond donors (Lipinski definition) is 1. The predicted molar refractivity (Wildman–Crippen MR) is 67.9 cm³/mol. The number of amides is 1. The van der Waals surface area contributed by atoms with Crippen molar-refractivity contribution in [1.29, 1.82) is 0 Å². The minimum Gasteiger partial charge on any atom is -0.481 e. The van der Waals surface area contributed by atoms with Gasteiger partial charge in [-0.15, -0.1) is 0 Å². The number of carboxylic acid groups (broad SMARTS) is 1. The molecule has 1 amide bonds. The van der Waals surface area contributed by atoms with Gasteiger partial charge in [0, 0.05) is 26.4 Å². The van der Waals surface area contributed by atoms with E-state index in [4.69, 9.17) is 5.11 Å². The van der Waals surface area contributed by atoms with Crippen LogP contribution in [0.3, 0.4) is 0 Å². The fraction of sp³-hybridized carbons (Fsp3) is 0.846. The SMILES string of the molecule is CCCCCCCC(=O)N(C)CCCC(=O)O. The molecule has 4 nitrogen and oxygen atoms in total. The standard InChI is InChI=1S/C13H25NO3/c1-3-4-5-6-7-9-12(15)14(2)11-8-10-13(16)17/h3-11H2,1-2H3,(H,16,17). The van der Waals surface area contributed by atoms with Gasteiger partial charge >= 0.3 is 5.97 Å². The van der Waals surface area contributed by atoms with Crippen LogP contribution in [-0.2, 0) is 9.59 Å². The van der Waals surface area contributed by atoms with Crippen molar-refractivity contribution in [2.24, 2.45) is 0 Å². The molecular formula is C13H25NO3. The van der Waals surface area contributed by atoms with Gasteiger partial charge in [0.2, 0.25) is 5.91 Å². The first-order chi connectivity index (χ1) is 8.07. The van der Waals surface area contributed by atoms with Crippen LogP contribution in [-0.4, -0.2) is 35.5 Å². The topological polar surface area (TPSA) is 57.6 Å². The van der Waals surface area contributed by atoms with Crippen molar-refractivity contribution < 1.29 is 14.7 Å². The number of nitrogens with zero attached hydrogens (tertiary/aromatic N) is 1. The summed E-state index contributed by atoms with van der Waals surface area (Å²) in [6, 6.07) is 0. The zero-order chi connectivity index (χ0) is 13.1. The normalized spacial score (nSPS) is 10.2. The molecule has 0 rings (SSSR count). The maximum Gasteiger partial charge on any atom is 0.303 e. The summed E-state index contributed by atoms with van der Waals surface area (Å²) < 4.78 is 0. The molecule has 0 aromatic heterocycles. The molecule has 0 unspecified atom stereocenters. The molecule has 0 saturated carbocycles. The highest BCUT2D eigenvalue weighted by Gasteiger charge is 2.08. The number of carboxylic acids is 1. The Morgan fingerprint density at radius 2 is 1.65 bits per heavy atom. The maximum atomic E-state index is 11.6. The highest BCUT2D eigenvalue weighted by atomic mass is 16.4. The lowest BCUT2D eigenvalue weighted by Crippen LogP contribution is -2.27. The third kappa shape index (κ3) is 9.85. The monoisotopic (exact) mass is 243 g/mol. The van der Waals surface area contributed by atoms with E-state index in [9.17, 15) is 9.59 Å². The van der Waals surface area contributed by atoms with Crippen LogP contribution in [0.15, 0.2) is 0 Å². The Kier molecular flexibility index (Phi) is 9.49. The summed E-state index contributed by atoms with van der Waals surface area (Å²) in [6.07, 6.45) is 6.97. The zero-order valence-electron chi connectivity index (χ0n) is 11.1. The third-order valence-corrected chi connectivity index (χ3v) is 2.80. The first-order valence-corrected chi connectivity index (χ1v) is 6.53. The Morgan fingerprint density at radius 3 is 2.24 bits per heavy atom. The van der Waals surface area contributed by atoms with Gasteiger partial charge in [-0.25, -0.2) is 0 Å². The van der Waals surface area contributed by atoms with Crippen LogP contribution >= 0.6 is 0 Å². The molecule has 0 aromatic carbocycles. The first kappa shape index (κ1) is 15.9. The molecule has 0 atom stereocenters. The van der Waals surface area contributed by atoms with Gasteiger partial charge in [0.25, 0.3) is 0 Å². The lowest BCUT2D eigenvalue weighted by atomic mass is 10.1. The Labute approximate surface area is 104 Å². The van der Waals surface area contributed by atoms with E-state index in [1.165, 1.54) is 19.3 Å². The van der Waals surface area contributed by atoms with Crippen LogP contribution < -0.4 is 0 Å². The minimum absolute atomic E-state index is 0.131. The molecule has 0 aliphatic carbocycles. The quantitative estimate of drug-likeness (QED) is 0.600. The molecule has 0 fully saturated rings. The van der Waals surface area contributed by atoms with Crippen LogP contribution in [0.1, 0.15) is 58.3 Å². The second-order valence-electron chi connectivity index (χ2n) is 4.48. The number of carbonyl (C=O) groups excluding carboxylic acids is 1. The summed E-state index contributed by atoms with van der Waals surface area (Å²) in [5.41, 5.74) is 0. The summed E-state index contributed by atoms with van der Waals surface area (Å²) in [4.78, 5) is 23.6. The fourth-order valence-electron chi connectivity index (χ4n) is 1.66. The van der Waals surface area contributed by atoms with Gasteiger partial charge in [-0.1, -0.05) is 32.6 Å². The molecule has 0 aromatic rings. The van der Waals surface area contributed by atoms with E-state index in [1.54, 1.807) is 11.9 Å². The number of aliphatic carboxylic acids is 1. The number of hydrogen-bond acceptors (Lipinski definition) is 2. The van der Waals surface area contributed by atoms with Gasteiger partial charge in [-0.3, -0.25) is 9.59 Å². The lowest BCUT2D eigenvalue weighted by Gasteiger charge is -2.16. The number of carbonyl (C=O) groups is 2. The van der Waals surface area contributed by atoms with Gasteiger partial charge in [0.15, 0.2) is 0 Å². The van der Waals surface area contributed by atoms with Crippen LogP contribution in [0.25, 0.3) is 0 Å². The Morgan fingerprint density at radius 1 is 1.00 bits per heavy atom. The summed E-state index contributed by atoms with van der Waals surface area (Å²) >= 11 is 0. The molecular weight excluding hydrogens is 218 g/mol.